The van der Waals surface area contributed by atoms with Crippen LogP contribution < -0.4 is 4.90 Å². The van der Waals surface area contributed by atoms with E-state index in [0.29, 0.717) is 5.91 Å². The summed E-state index contributed by atoms with van der Waals surface area (Å²) in [5.74, 6) is 1.44. The number of aryl methyl sites for hydroxylation is 2. The predicted molar refractivity (Wildman–Crippen MR) is 112 cm³/mol. The van der Waals surface area contributed by atoms with Crippen LogP contribution in [0.3, 0.4) is 0 Å². The lowest BCUT2D eigenvalue weighted by atomic mass is 9.85. The fraction of sp³-hybridized carbons (Fsp3) is 0.391. The number of H-pyrrole nitrogens is 1. The molecular weight excluding hydrogens is 348 g/mol. The van der Waals surface area contributed by atoms with Crippen LogP contribution in [0, 0.1) is 12.8 Å². The first kappa shape index (κ1) is 17.3. The number of piperazine rings is 1. The van der Waals surface area contributed by atoms with Crippen molar-refractivity contribution in [1.82, 2.24) is 14.9 Å². The molecule has 0 radical (unpaired) electrons. The molecule has 1 aliphatic carbocycles. The van der Waals surface area contributed by atoms with Gasteiger partial charge in [-0.2, -0.15) is 0 Å². The highest BCUT2D eigenvalue weighted by Gasteiger charge is 2.32. The lowest BCUT2D eigenvalue weighted by Gasteiger charge is -2.37. The van der Waals surface area contributed by atoms with E-state index in [1.165, 1.54) is 27.7 Å². The van der Waals surface area contributed by atoms with E-state index in [2.05, 4.69) is 44.9 Å². The Morgan fingerprint density at radius 3 is 2.79 bits per heavy atom. The van der Waals surface area contributed by atoms with Crippen LogP contribution in [0.2, 0.25) is 0 Å². The van der Waals surface area contributed by atoms with Crippen molar-refractivity contribution in [3.8, 4) is 0 Å². The zero-order valence-corrected chi connectivity index (χ0v) is 16.3. The molecule has 0 saturated carbocycles. The van der Waals surface area contributed by atoms with E-state index in [1.807, 2.05) is 24.4 Å². The van der Waals surface area contributed by atoms with E-state index in [0.717, 1.165) is 51.3 Å². The average Bonchev–Trinajstić information content (AvgIpc) is 3.11. The number of pyridine rings is 1. The van der Waals surface area contributed by atoms with Gasteiger partial charge in [-0.05, 0) is 56.0 Å². The van der Waals surface area contributed by atoms with Crippen LogP contribution in [-0.2, 0) is 17.6 Å². The van der Waals surface area contributed by atoms with E-state index in [1.54, 1.807) is 0 Å². The Labute approximate surface area is 165 Å². The van der Waals surface area contributed by atoms with Gasteiger partial charge in [-0.15, -0.1) is 0 Å². The molecule has 5 nitrogen and oxygen atoms in total. The molecule has 1 N–H and O–H groups in total. The number of carbonyl (C=O) groups excluding carboxylic acids is 1. The van der Waals surface area contributed by atoms with Crippen molar-refractivity contribution in [3.05, 3.63) is 59.4 Å². The molecule has 3 heterocycles. The maximum Gasteiger partial charge on any atom is 0.226 e. The number of benzene rings is 1. The molecule has 5 heteroatoms. The maximum atomic E-state index is 13.2. The summed E-state index contributed by atoms with van der Waals surface area (Å²) < 4.78 is 0. The highest BCUT2D eigenvalue weighted by atomic mass is 16.2. The number of amides is 1. The van der Waals surface area contributed by atoms with Gasteiger partial charge in [0.2, 0.25) is 5.91 Å². The molecule has 1 saturated heterocycles. The number of nitrogens with one attached hydrogen (secondary N) is 1. The number of carbonyl (C=O) groups is 1. The van der Waals surface area contributed by atoms with Crippen LogP contribution in [0.5, 0.6) is 0 Å². The molecule has 1 aromatic carbocycles. The van der Waals surface area contributed by atoms with Gasteiger partial charge in [-0.25, -0.2) is 4.98 Å². The molecule has 144 valence electrons. The smallest absolute Gasteiger partial charge is 0.226 e. The number of aromatic amines is 1. The van der Waals surface area contributed by atoms with Crippen LogP contribution in [0.1, 0.15) is 23.2 Å². The molecular formula is C23H26N4O. The monoisotopic (exact) mass is 374 g/mol. The third-order valence-electron chi connectivity index (χ3n) is 6.26. The Bertz CT molecular complexity index is 1000. The first-order valence-corrected chi connectivity index (χ1v) is 10.2. The topological polar surface area (TPSA) is 52.2 Å². The van der Waals surface area contributed by atoms with Gasteiger partial charge in [0.1, 0.15) is 5.82 Å². The average molecular weight is 374 g/mol. The fourth-order valence-corrected chi connectivity index (χ4v) is 4.70. The summed E-state index contributed by atoms with van der Waals surface area (Å²) in [6.45, 7) is 5.41. The maximum absolute atomic E-state index is 13.2. The molecule has 2 aliphatic rings. The van der Waals surface area contributed by atoms with E-state index in [-0.39, 0.29) is 5.92 Å². The minimum Gasteiger partial charge on any atom is -0.358 e. The molecule has 5 rings (SSSR count). The van der Waals surface area contributed by atoms with E-state index in [4.69, 9.17) is 0 Å². The number of aromatic nitrogens is 2. The van der Waals surface area contributed by atoms with Crippen molar-refractivity contribution in [2.75, 3.05) is 31.1 Å². The summed E-state index contributed by atoms with van der Waals surface area (Å²) in [7, 11) is 0. The number of rotatable bonds is 2. The summed E-state index contributed by atoms with van der Waals surface area (Å²) >= 11 is 0. The first-order valence-electron chi connectivity index (χ1n) is 10.2. The minimum absolute atomic E-state index is 0.105. The van der Waals surface area contributed by atoms with E-state index in [9.17, 15) is 4.79 Å². The molecule has 3 aromatic rings. The van der Waals surface area contributed by atoms with Crippen molar-refractivity contribution in [1.29, 1.82) is 0 Å². The molecule has 0 spiro atoms. The molecule has 1 unspecified atom stereocenters. The van der Waals surface area contributed by atoms with Crippen LogP contribution in [-0.4, -0.2) is 47.0 Å². The van der Waals surface area contributed by atoms with Crippen molar-refractivity contribution in [2.24, 2.45) is 5.92 Å². The second-order valence-electron chi connectivity index (χ2n) is 8.07. The van der Waals surface area contributed by atoms with Gasteiger partial charge in [-0.3, -0.25) is 4.79 Å². The van der Waals surface area contributed by atoms with Crippen LogP contribution in [0.25, 0.3) is 10.9 Å². The number of fused-ring (bicyclic) bond motifs is 3. The molecule has 0 bridgehead atoms. The lowest BCUT2D eigenvalue weighted by Crippen LogP contribution is -2.51. The number of nitrogens with zero attached hydrogens (tertiary/aromatic N) is 3. The van der Waals surface area contributed by atoms with Gasteiger partial charge < -0.3 is 14.8 Å². The van der Waals surface area contributed by atoms with Gasteiger partial charge >= 0.3 is 0 Å². The first-order chi connectivity index (χ1) is 13.7. The zero-order chi connectivity index (χ0) is 19.1. The number of hydrogen-bond donors (Lipinski definition) is 1. The molecule has 2 aromatic heterocycles. The quantitative estimate of drug-likeness (QED) is 0.749. The van der Waals surface area contributed by atoms with Crippen LogP contribution in [0.4, 0.5) is 5.82 Å². The van der Waals surface area contributed by atoms with Crippen molar-refractivity contribution in [3.63, 3.8) is 0 Å². The Morgan fingerprint density at radius 2 is 2.00 bits per heavy atom. The highest BCUT2D eigenvalue weighted by molar-refractivity contribution is 5.87. The Kier molecular flexibility index (Phi) is 4.30. The number of hydrogen-bond acceptors (Lipinski definition) is 3. The van der Waals surface area contributed by atoms with Gasteiger partial charge in [0.05, 0.1) is 0 Å². The predicted octanol–water partition coefficient (Wildman–Crippen LogP) is 3.33. The van der Waals surface area contributed by atoms with Crippen molar-refractivity contribution >= 4 is 22.6 Å². The summed E-state index contributed by atoms with van der Waals surface area (Å²) in [5, 5.41) is 1.30. The van der Waals surface area contributed by atoms with Gasteiger partial charge in [0.25, 0.3) is 0 Å². The zero-order valence-electron chi connectivity index (χ0n) is 16.3. The fourth-order valence-electron chi connectivity index (χ4n) is 4.70. The van der Waals surface area contributed by atoms with Crippen LogP contribution in [0.15, 0.2) is 42.6 Å². The lowest BCUT2D eigenvalue weighted by molar-refractivity contribution is -0.136. The summed E-state index contributed by atoms with van der Waals surface area (Å²) in [6.07, 6.45) is 4.60. The second-order valence-corrected chi connectivity index (χ2v) is 8.07. The SMILES string of the molecule is Cc1ccc2[nH]c3c(c2c1)CC(C(=O)N1CCN(c2ccccn2)CC1)CC3. The minimum atomic E-state index is 0.105. The molecule has 1 amide bonds. The number of anilines is 1. The second kappa shape index (κ2) is 6.97. The normalized spacial score (nSPS) is 19.7. The molecule has 28 heavy (non-hydrogen) atoms. The Morgan fingerprint density at radius 1 is 1.14 bits per heavy atom. The molecule has 1 aliphatic heterocycles. The summed E-state index contributed by atoms with van der Waals surface area (Å²) in [6, 6.07) is 12.6. The van der Waals surface area contributed by atoms with Crippen molar-refractivity contribution < 1.29 is 4.79 Å². The van der Waals surface area contributed by atoms with Crippen molar-refractivity contribution in [2.45, 2.75) is 26.2 Å². The van der Waals surface area contributed by atoms with Gasteiger partial charge in [-0.1, -0.05) is 17.7 Å². The third-order valence-corrected chi connectivity index (χ3v) is 6.26. The summed E-state index contributed by atoms with van der Waals surface area (Å²) in [4.78, 5) is 25.6. The van der Waals surface area contributed by atoms with Crippen LogP contribution >= 0.6 is 0 Å². The van der Waals surface area contributed by atoms with Gasteiger partial charge in [0.15, 0.2) is 0 Å². The molecule has 1 fully saturated rings. The van der Waals surface area contributed by atoms with E-state index < -0.39 is 0 Å². The largest absolute Gasteiger partial charge is 0.358 e. The summed E-state index contributed by atoms with van der Waals surface area (Å²) in [5.41, 5.74) is 5.15. The van der Waals surface area contributed by atoms with Gasteiger partial charge in [0, 0.05) is 54.9 Å². The standard InChI is InChI=1S/C23H26N4O/c1-16-5-7-20-18(14-16)19-15-17(6-8-21(19)25-20)23(28)27-12-10-26(11-13-27)22-4-2-3-9-24-22/h2-5,7,9,14,17,25H,6,8,10-13,15H2,1H3. The van der Waals surface area contributed by atoms with E-state index >= 15 is 0 Å². The Hall–Kier alpha value is -2.82. The molecule has 1 atom stereocenters. The highest BCUT2D eigenvalue weighted by Crippen LogP contribution is 2.33. The third kappa shape index (κ3) is 3.05. The Balaban J connectivity index is 1.28.